The molecule has 1 aliphatic heterocycles. The summed E-state index contributed by atoms with van der Waals surface area (Å²) in [6, 6.07) is 6.79. The van der Waals surface area contributed by atoms with E-state index >= 15 is 0 Å². The van der Waals surface area contributed by atoms with E-state index in [9.17, 15) is 13.2 Å². The zero-order valence-corrected chi connectivity index (χ0v) is 11.0. The summed E-state index contributed by atoms with van der Waals surface area (Å²) in [7, 11) is 0. The minimum absolute atomic E-state index is 0.224. The van der Waals surface area contributed by atoms with E-state index in [0.717, 1.165) is 25.9 Å². The second-order valence-corrected chi connectivity index (χ2v) is 5.24. The van der Waals surface area contributed by atoms with Gasteiger partial charge in [0.05, 0.1) is 11.0 Å². The van der Waals surface area contributed by atoms with Crippen LogP contribution < -0.4 is 5.32 Å². The number of nitrogens with one attached hydrogen (secondary N) is 1. The average molecular weight is 283 g/mol. The minimum atomic E-state index is -4.42. The number of benzene rings is 1. The molecule has 1 atom stereocenters. The Morgan fingerprint density at radius 3 is 2.80 bits per heavy atom. The number of halogens is 3. The molecule has 0 radical (unpaired) electrons. The van der Waals surface area contributed by atoms with Crippen LogP contribution in [0.4, 0.5) is 13.2 Å². The number of fused-ring (bicyclic) bond motifs is 1. The third-order valence-corrected chi connectivity index (χ3v) is 3.75. The highest BCUT2D eigenvalue weighted by atomic mass is 19.4. The number of alkyl halides is 3. The molecule has 1 saturated heterocycles. The molecular formula is C14H16F3N3. The first-order chi connectivity index (χ1) is 9.55. The topological polar surface area (TPSA) is 29.9 Å². The molecule has 0 saturated carbocycles. The van der Waals surface area contributed by atoms with Gasteiger partial charge >= 0.3 is 6.18 Å². The fourth-order valence-electron chi connectivity index (χ4n) is 2.81. The van der Waals surface area contributed by atoms with Gasteiger partial charge in [-0.3, -0.25) is 0 Å². The second-order valence-electron chi connectivity index (χ2n) is 5.24. The molecular weight excluding hydrogens is 267 g/mol. The maximum absolute atomic E-state index is 13.1. The van der Waals surface area contributed by atoms with Gasteiger partial charge < -0.3 is 9.88 Å². The van der Waals surface area contributed by atoms with Crippen molar-refractivity contribution in [3.05, 3.63) is 30.1 Å². The maximum Gasteiger partial charge on any atom is 0.449 e. The van der Waals surface area contributed by atoms with Gasteiger partial charge in [0.1, 0.15) is 0 Å². The zero-order valence-electron chi connectivity index (χ0n) is 11.0. The molecule has 2 heterocycles. The van der Waals surface area contributed by atoms with Crippen molar-refractivity contribution >= 4 is 11.0 Å². The van der Waals surface area contributed by atoms with E-state index in [1.165, 1.54) is 4.57 Å². The molecule has 1 N–H and O–H groups in total. The molecule has 1 unspecified atom stereocenters. The Hall–Kier alpha value is -1.56. The molecule has 3 rings (SSSR count). The predicted molar refractivity (Wildman–Crippen MR) is 70.3 cm³/mol. The molecule has 1 aliphatic rings. The fraction of sp³-hybridized carbons (Fsp3) is 0.500. The summed E-state index contributed by atoms with van der Waals surface area (Å²) in [5.41, 5.74) is 0.967. The smallest absolute Gasteiger partial charge is 0.320 e. The molecule has 0 spiro atoms. The first-order valence-corrected chi connectivity index (χ1v) is 6.79. The molecule has 0 amide bonds. The summed E-state index contributed by atoms with van der Waals surface area (Å²) in [4.78, 5) is 3.77. The molecule has 1 aromatic carbocycles. The van der Waals surface area contributed by atoms with Crippen LogP contribution in [0, 0.1) is 5.92 Å². The van der Waals surface area contributed by atoms with Crippen molar-refractivity contribution in [2.75, 3.05) is 13.1 Å². The number of piperidine rings is 1. The lowest BCUT2D eigenvalue weighted by Gasteiger charge is -2.24. The highest BCUT2D eigenvalue weighted by molar-refractivity contribution is 5.76. The highest BCUT2D eigenvalue weighted by Gasteiger charge is 2.38. The van der Waals surface area contributed by atoms with Gasteiger partial charge in [-0.15, -0.1) is 0 Å². The Kier molecular flexibility index (Phi) is 3.41. The Labute approximate surface area is 114 Å². The summed E-state index contributed by atoms with van der Waals surface area (Å²) in [5.74, 6) is -0.563. The van der Waals surface area contributed by atoms with Crippen LogP contribution in [0.15, 0.2) is 24.3 Å². The number of imidazole rings is 1. The van der Waals surface area contributed by atoms with E-state index in [0.29, 0.717) is 17.6 Å². The van der Waals surface area contributed by atoms with Gasteiger partial charge in [-0.05, 0) is 44.0 Å². The summed E-state index contributed by atoms with van der Waals surface area (Å²) < 4.78 is 40.8. The molecule has 0 aliphatic carbocycles. The van der Waals surface area contributed by atoms with Gasteiger partial charge in [0.15, 0.2) is 0 Å². The third kappa shape index (κ3) is 2.52. The van der Waals surface area contributed by atoms with Gasteiger partial charge in [0, 0.05) is 6.54 Å². The van der Waals surface area contributed by atoms with Gasteiger partial charge in [-0.25, -0.2) is 4.98 Å². The van der Waals surface area contributed by atoms with Crippen LogP contribution in [0.25, 0.3) is 11.0 Å². The molecule has 108 valence electrons. The van der Waals surface area contributed by atoms with E-state index in [2.05, 4.69) is 10.3 Å². The van der Waals surface area contributed by atoms with Crippen LogP contribution >= 0.6 is 0 Å². The van der Waals surface area contributed by atoms with Crippen LogP contribution in [-0.2, 0) is 12.7 Å². The molecule has 3 nitrogen and oxygen atoms in total. The lowest BCUT2D eigenvalue weighted by atomic mass is 9.99. The van der Waals surface area contributed by atoms with Crippen LogP contribution in [0.2, 0.25) is 0 Å². The molecule has 0 bridgehead atoms. The Balaban J connectivity index is 2.01. The van der Waals surface area contributed by atoms with Crippen LogP contribution in [0.1, 0.15) is 18.7 Å². The monoisotopic (exact) mass is 283 g/mol. The molecule has 2 aromatic rings. The lowest BCUT2D eigenvalue weighted by Crippen LogP contribution is -2.33. The number of rotatable bonds is 2. The first kappa shape index (κ1) is 13.4. The van der Waals surface area contributed by atoms with Crippen molar-refractivity contribution in [1.29, 1.82) is 0 Å². The molecule has 6 heteroatoms. The third-order valence-electron chi connectivity index (χ3n) is 3.75. The zero-order chi connectivity index (χ0) is 14.2. The van der Waals surface area contributed by atoms with Gasteiger partial charge in [-0.1, -0.05) is 12.1 Å². The average Bonchev–Trinajstić information content (AvgIpc) is 2.79. The van der Waals surface area contributed by atoms with E-state index in [1.54, 1.807) is 24.3 Å². The highest BCUT2D eigenvalue weighted by Crippen LogP contribution is 2.32. The van der Waals surface area contributed by atoms with Gasteiger partial charge in [-0.2, -0.15) is 13.2 Å². The normalized spacial score (nSPS) is 20.4. The number of para-hydroxylation sites is 2. The molecule has 1 aromatic heterocycles. The number of aromatic nitrogens is 2. The van der Waals surface area contributed by atoms with E-state index in [-0.39, 0.29) is 5.92 Å². The Morgan fingerprint density at radius 1 is 1.30 bits per heavy atom. The molecule has 20 heavy (non-hydrogen) atoms. The van der Waals surface area contributed by atoms with Gasteiger partial charge in [0.2, 0.25) is 5.82 Å². The number of hydrogen-bond donors (Lipinski definition) is 1. The number of nitrogens with zero attached hydrogens (tertiary/aromatic N) is 2. The summed E-state index contributed by atoms with van der Waals surface area (Å²) in [6.07, 6.45) is -2.45. The Bertz CT molecular complexity index is 597. The summed E-state index contributed by atoms with van der Waals surface area (Å²) >= 11 is 0. The van der Waals surface area contributed by atoms with Gasteiger partial charge in [0.25, 0.3) is 0 Å². The van der Waals surface area contributed by atoms with Crippen molar-refractivity contribution in [3.63, 3.8) is 0 Å². The SMILES string of the molecule is FC(F)(F)c1nc2ccccc2n1CC1CCCNC1. The van der Waals surface area contributed by atoms with E-state index in [4.69, 9.17) is 0 Å². The summed E-state index contributed by atoms with van der Waals surface area (Å²) in [5, 5.41) is 3.24. The fourth-order valence-corrected chi connectivity index (χ4v) is 2.81. The maximum atomic E-state index is 13.1. The van der Waals surface area contributed by atoms with Crippen LogP contribution in [0.3, 0.4) is 0 Å². The Morgan fingerprint density at radius 2 is 2.10 bits per heavy atom. The minimum Gasteiger partial charge on any atom is -0.320 e. The largest absolute Gasteiger partial charge is 0.449 e. The van der Waals surface area contributed by atoms with Crippen molar-refractivity contribution in [3.8, 4) is 0 Å². The van der Waals surface area contributed by atoms with Crippen molar-refractivity contribution in [2.24, 2.45) is 5.92 Å². The quantitative estimate of drug-likeness (QED) is 0.918. The molecule has 1 fully saturated rings. The lowest BCUT2D eigenvalue weighted by molar-refractivity contribution is -0.147. The van der Waals surface area contributed by atoms with E-state index < -0.39 is 12.0 Å². The van der Waals surface area contributed by atoms with Crippen molar-refractivity contribution in [2.45, 2.75) is 25.6 Å². The van der Waals surface area contributed by atoms with Crippen LogP contribution in [-0.4, -0.2) is 22.6 Å². The number of hydrogen-bond acceptors (Lipinski definition) is 2. The van der Waals surface area contributed by atoms with E-state index in [1.807, 2.05) is 0 Å². The first-order valence-electron chi connectivity index (χ1n) is 6.79. The van der Waals surface area contributed by atoms with Crippen molar-refractivity contribution < 1.29 is 13.2 Å². The standard InChI is InChI=1S/C14H16F3N3/c15-14(16,17)13-19-11-5-1-2-6-12(11)20(13)9-10-4-3-7-18-8-10/h1-2,5-6,10,18H,3-4,7-9H2. The van der Waals surface area contributed by atoms with Crippen LogP contribution in [0.5, 0.6) is 0 Å². The second kappa shape index (κ2) is 5.09. The summed E-state index contributed by atoms with van der Waals surface area (Å²) in [6.45, 7) is 2.08. The van der Waals surface area contributed by atoms with Crippen molar-refractivity contribution in [1.82, 2.24) is 14.9 Å². The predicted octanol–water partition coefficient (Wildman–Crippen LogP) is 3.05.